The Morgan fingerprint density at radius 2 is 1.63 bits per heavy atom. The topological polar surface area (TPSA) is 106 Å². The van der Waals surface area contributed by atoms with Crippen LogP contribution in [0.25, 0.3) is 0 Å². The zero-order valence-electron chi connectivity index (χ0n) is 22.6. The van der Waals surface area contributed by atoms with E-state index >= 15 is 0 Å². The molecule has 0 saturated carbocycles. The second-order valence-corrected chi connectivity index (χ2v) is 12.6. The summed E-state index contributed by atoms with van der Waals surface area (Å²) in [6, 6.07) is 17.2. The number of aryl methyl sites for hydroxylation is 1. The summed E-state index contributed by atoms with van der Waals surface area (Å²) >= 11 is 0. The highest BCUT2D eigenvalue weighted by atomic mass is 32.2. The van der Waals surface area contributed by atoms with E-state index in [1.54, 1.807) is 12.1 Å². The lowest BCUT2D eigenvalue weighted by Gasteiger charge is -2.26. The Labute approximate surface area is 226 Å². The highest BCUT2D eigenvalue weighted by Gasteiger charge is 2.18. The van der Waals surface area contributed by atoms with Gasteiger partial charge in [-0.05, 0) is 84.5 Å². The van der Waals surface area contributed by atoms with Gasteiger partial charge in [0.1, 0.15) is 18.2 Å². The van der Waals surface area contributed by atoms with Gasteiger partial charge in [0.15, 0.2) is 0 Å². The van der Waals surface area contributed by atoms with Crippen LogP contribution in [-0.2, 0) is 23.1 Å². The van der Waals surface area contributed by atoms with Crippen molar-refractivity contribution in [2.75, 3.05) is 4.72 Å². The molecule has 0 aliphatic heterocycles. The number of hydrogen-bond donors (Lipinski definition) is 2. The fraction of sp³-hybridized carbons (Fsp3) is 0.400. The second kappa shape index (κ2) is 12.9. The van der Waals surface area contributed by atoms with Crippen LogP contribution in [0.1, 0.15) is 74.9 Å². The van der Waals surface area contributed by atoms with Gasteiger partial charge in [-0.2, -0.15) is 0 Å². The Morgan fingerprint density at radius 1 is 0.974 bits per heavy atom. The number of ether oxygens (including phenoxy) is 1. The summed E-state index contributed by atoms with van der Waals surface area (Å²) in [5, 5.41) is 8.93. The number of aromatic carboxylic acids is 1. The summed E-state index contributed by atoms with van der Waals surface area (Å²) in [5.41, 5.74) is 2.51. The summed E-state index contributed by atoms with van der Waals surface area (Å²) in [6.07, 6.45) is 7.07. The van der Waals surface area contributed by atoms with E-state index in [2.05, 4.69) is 49.5 Å². The van der Waals surface area contributed by atoms with E-state index in [0.717, 1.165) is 29.8 Å². The number of carbonyl (C=O) groups is 1. The van der Waals surface area contributed by atoms with Crippen LogP contribution in [0.3, 0.4) is 0 Å². The third kappa shape index (κ3) is 9.17. The average molecular weight is 539 g/mol. The first-order chi connectivity index (χ1) is 17.9. The predicted octanol–water partition coefficient (Wildman–Crippen LogP) is 6.94. The molecule has 3 rings (SSSR count). The van der Waals surface area contributed by atoms with E-state index in [0.29, 0.717) is 12.0 Å². The summed E-state index contributed by atoms with van der Waals surface area (Å²) in [6.45, 7) is 9.62. The number of benzene rings is 2. The standard InChI is InChI=1S/C30H38N2O5S/c1-22(2)19-30(3,4)18-6-5-7-23-8-13-26(14-9-23)37-21-24-10-15-27(16-11-24)38(35,36)32-28-17-12-25(20-31-28)29(33)34/h8-17,20,22H,5-7,18-19,21H2,1-4H3,(H,31,32)(H,33,34). The van der Waals surface area contributed by atoms with E-state index in [1.165, 1.54) is 55.5 Å². The monoisotopic (exact) mass is 538 g/mol. The molecule has 0 amide bonds. The molecule has 3 aromatic rings. The molecule has 8 heteroatoms. The minimum absolute atomic E-state index is 0.0245. The van der Waals surface area contributed by atoms with Crippen LogP contribution in [0.5, 0.6) is 5.75 Å². The van der Waals surface area contributed by atoms with Crippen LogP contribution < -0.4 is 9.46 Å². The maximum absolute atomic E-state index is 12.6. The number of sulfonamides is 1. The van der Waals surface area contributed by atoms with Gasteiger partial charge >= 0.3 is 5.97 Å². The van der Waals surface area contributed by atoms with Gasteiger partial charge < -0.3 is 9.84 Å². The molecule has 0 fully saturated rings. The third-order valence-electron chi connectivity index (χ3n) is 6.34. The van der Waals surface area contributed by atoms with Gasteiger partial charge in [0.05, 0.1) is 10.5 Å². The first-order valence-corrected chi connectivity index (χ1v) is 14.4. The molecule has 0 saturated heterocycles. The lowest BCUT2D eigenvalue weighted by molar-refractivity contribution is 0.0696. The molecule has 0 bridgehead atoms. The van der Waals surface area contributed by atoms with E-state index in [-0.39, 0.29) is 16.3 Å². The molecular weight excluding hydrogens is 500 g/mol. The molecule has 7 nitrogen and oxygen atoms in total. The Balaban J connectivity index is 1.46. The van der Waals surface area contributed by atoms with Crippen LogP contribution in [0.15, 0.2) is 71.8 Å². The van der Waals surface area contributed by atoms with Crippen molar-refractivity contribution in [3.05, 3.63) is 83.6 Å². The Bertz CT molecular complexity index is 1280. The highest BCUT2D eigenvalue weighted by molar-refractivity contribution is 7.92. The van der Waals surface area contributed by atoms with Gasteiger partial charge in [-0.3, -0.25) is 4.72 Å². The molecule has 0 aliphatic rings. The fourth-order valence-corrected chi connectivity index (χ4v) is 5.61. The quantitative estimate of drug-likeness (QED) is 0.215. The minimum atomic E-state index is -3.86. The zero-order chi connectivity index (χ0) is 27.8. The molecule has 2 N–H and O–H groups in total. The summed E-state index contributed by atoms with van der Waals surface area (Å²) in [5.74, 6) is 0.407. The molecule has 1 heterocycles. The van der Waals surface area contributed by atoms with E-state index in [1.807, 2.05) is 12.1 Å². The average Bonchev–Trinajstić information content (AvgIpc) is 2.86. The molecule has 0 unspecified atom stereocenters. The van der Waals surface area contributed by atoms with Gasteiger partial charge in [0, 0.05) is 6.20 Å². The van der Waals surface area contributed by atoms with Crippen molar-refractivity contribution < 1.29 is 23.1 Å². The van der Waals surface area contributed by atoms with E-state index in [4.69, 9.17) is 9.84 Å². The smallest absolute Gasteiger partial charge is 0.337 e. The number of anilines is 1. The van der Waals surface area contributed by atoms with E-state index < -0.39 is 16.0 Å². The molecular formula is C30H38N2O5S. The van der Waals surface area contributed by atoms with Gasteiger partial charge in [0.25, 0.3) is 10.0 Å². The maximum Gasteiger partial charge on any atom is 0.337 e. The normalized spacial score (nSPS) is 11.9. The number of hydrogen-bond acceptors (Lipinski definition) is 5. The number of pyridine rings is 1. The van der Waals surface area contributed by atoms with Gasteiger partial charge in [0.2, 0.25) is 0 Å². The van der Waals surface area contributed by atoms with Crippen molar-refractivity contribution in [1.29, 1.82) is 0 Å². The fourth-order valence-electron chi connectivity index (χ4n) is 4.60. The number of carboxylic acids is 1. The molecule has 0 radical (unpaired) electrons. The lowest BCUT2D eigenvalue weighted by Crippen LogP contribution is -2.14. The lowest BCUT2D eigenvalue weighted by atomic mass is 9.79. The van der Waals surface area contributed by atoms with Crippen molar-refractivity contribution in [3.63, 3.8) is 0 Å². The molecule has 1 aromatic heterocycles. The number of rotatable bonds is 14. The van der Waals surface area contributed by atoms with Crippen LogP contribution in [0.2, 0.25) is 0 Å². The van der Waals surface area contributed by atoms with Crippen LogP contribution in [0.4, 0.5) is 5.82 Å². The largest absolute Gasteiger partial charge is 0.489 e. The summed E-state index contributed by atoms with van der Waals surface area (Å²) < 4.78 is 33.5. The number of aromatic nitrogens is 1. The zero-order valence-corrected chi connectivity index (χ0v) is 23.4. The van der Waals surface area contributed by atoms with E-state index in [9.17, 15) is 13.2 Å². The number of nitrogens with one attached hydrogen (secondary N) is 1. The molecule has 0 atom stereocenters. The summed E-state index contributed by atoms with van der Waals surface area (Å²) in [7, 11) is -3.86. The molecule has 0 aliphatic carbocycles. The number of unbranched alkanes of at least 4 members (excludes halogenated alkanes) is 1. The highest BCUT2D eigenvalue weighted by Crippen LogP contribution is 2.31. The Kier molecular flexibility index (Phi) is 9.91. The van der Waals surface area contributed by atoms with Crippen molar-refractivity contribution in [2.45, 2.75) is 71.3 Å². The van der Waals surface area contributed by atoms with Gasteiger partial charge in [-0.15, -0.1) is 0 Å². The van der Waals surface area contributed by atoms with Crippen LogP contribution >= 0.6 is 0 Å². The first kappa shape index (κ1) is 29.2. The molecule has 2 aromatic carbocycles. The number of nitrogens with zero attached hydrogens (tertiary/aromatic N) is 1. The second-order valence-electron chi connectivity index (χ2n) is 10.9. The Hall–Kier alpha value is -3.39. The van der Waals surface area contributed by atoms with Crippen molar-refractivity contribution in [1.82, 2.24) is 4.98 Å². The maximum atomic E-state index is 12.6. The SMILES string of the molecule is CC(C)CC(C)(C)CCCCc1ccc(OCc2ccc(S(=O)(=O)Nc3ccc(C(=O)O)cn3)cc2)cc1. The first-order valence-electron chi connectivity index (χ1n) is 13.0. The van der Waals surface area contributed by atoms with Crippen LogP contribution in [-0.4, -0.2) is 24.5 Å². The third-order valence-corrected chi connectivity index (χ3v) is 7.71. The van der Waals surface area contributed by atoms with Crippen molar-refractivity contribution in [2.24, 2.45) is 11.3 Å². The van der Waals surface area contributed by atoms with Crippen LogP contribution in [0, 0.1) is 11.3 Å². The molecule has 204 valence electrons. The van der Waals surface area contributed by atoms with Gasteiger partial charge in [-0.25, -0.2) is 18.2 Å². The Morgan fingerprint density at radius 3 is 2.21 bits per heavy atom. The van der Waals surface area contributed by atoms with Crippen molar-refractivity contribution in [3.8, 4) is 5.75 Å². The molecule has 38 heavy (non-hydrogen) atoms. The predicted molar refractivity (Wildman–Crippen MR) is 150 cm³/mol. The summed E-state index contributed by atoms with van der Waals surface area (Å²) in [4.78, 5) is 14.8. The minimum Gasteiger partial charge on any atom is -0.489 e. The number of carboxylic acid groups (broad SMARTS) is 1. The molecule has 0 spiro atoms. The van der Waals surface area contributed by atoms with Gasteiger partial charge in [-0.1, -0.05) is 58.4 Å². The van der Waals surface area contributed by atoms with Crippen molar-refractivity contribution >= 4 is 21.8 Å².